The largest absolute Gasteiger partial charge is 0.394 e. The first-order valence-electron chi connectivity index (χ1n) is 5.12. The highest BCUT2D eigenvalue weighted by Gasteiger charge is 2.26. The minimum atomic E-state index is 0.217. The summed E-state index contributed by atoms with van der Waals surface area (Å²) in [5.74, 6) is 1.03. The van der Waals surface area contributed by atoms with Crippen LogP contribution < -0.4 is 4.90 Å². The maximum Gasteiger partial charge on any atom is 0.147 e. The van der Waals surface area contributed by atoms with Gasteiger partial charge in [-0.15, -0.1) is 5.10 Å². The van der Waals surface area contributed by atoms with Crippen molar-refractivity contribution in [2.45, 2.75) is 32.4 Å². The Morgan fingerprint density at radius 2 is 2.50 bits per heavy atom. The van der Waals surface area contributed by atoms with Gasteiger partial charge in [0.2, 0.25) is 0 Å². The molecule has 1 aliphatic heterocycles. The molecule has 1 aliphatic rings. The van der Waals surface area contributed by atoms with Gasteiger partial charge in [-0.1, -0.05) is 5.21 Å². The fourth-order valence-corrected chi connectivity index (χ4v) is 2.03. The monoisotopic (exact) mass is 196 g/mol. The van der Waals surface area contributed by atoms with Crippen molar-refractivity contribution >= 4 is 5.82 Å². The summed E-state index contributed by atoms with van der Waals surface area (Å²) in [6, 6.07) is 0.249. The van der Waals surface area contributed by atoms with E-state index in [2.05, 4.69) is 15.2 Å². The molecular formula is C9H16N4O. The molecule has 14 heavy (non-hydrogen) atoms. The van der Waals surface area contributed by atoms with Gasteiger partial charge in [0.1, 0.15) is 5.82 Å². The predicted molar refractivity (Wildman–Crippen MR) is 53.1 cm³/mol. The van der Waals surface area contributed by atoms with Gasteiger partial charge in [-0.3, -0.25) is 0 Å². The number of rotatable bonds is 3. The van der Waals surface area contributed by atoms with Crippen LogP contribution in [-0.4, -0.2) is 39.3 Å². The van der Waals surface area contributed by atoms with Gasteiger partial charge in [0.15, 0.2) is 0 Å². The number of hydrogen-bond donors (Lipinski definition) is 1. The molecule has 2 heterocycles. The first kappa shape index (κ1) is 9.45. The van der Waals surface area contributed by atoms with E-state index in [9.17, 15) is 5.11 Å². The fourth-order valence-electron chi connectivity index (χ4n) is 2.03. The van der Waals surface area contributed by atoms with Gasteiger partial charge in [0.05, 0.1) is 18.8 Å². The van der Waals surface area contributed by atoms with Crippen LogP contribution in [0.2, 0.25) is 0 Å². The van der Waals surface area contributed by atoms with Crippen molar-refractivity contribution in [2.75, 3.05) is 18.1 Å². The van der Waals surface area contributed by atoms with Gasteiger partial charge in [-0.05, 0) is 19.8 Å². The number of aliphatic hydroxyl groups is 1. The molecule has 0 saturated carbocycles. The molecule has 0 radical (unpaired) electrons. The SMILES string of the molecule is CCn1nncc1N1CCCC1CO. The third-order valence-electron chi connectivity index (χ3n) is 2.78. The fraction of sp³-hybridized carbons (Fsp3) is 0.778. The van der Waals surface area contributed by atoms with Crippen LogP contribution in [0, 0.1) is 0 Å². The zero-order chi connectivity index (χ0) is 9.97. The smallest absolute Gasteiger partial charge is 0.147 e. The normalized spacial score (nSPS) is 21.9. The van der Waals surface area contributed by atoms with Crippen LogP contribution in [0.25, 0.3) is 0 Å². The summed E-state index contributed by atoms with van der Waals surface area (Å²) in [7, 11) is 0. The Labute approximate surface area is 83.3 Å². The number of hydrogen-bond acceptors (Lipinski definition) is 4. The summed E-state index contributed by atoms with van der Waals surface area (Å²) in [4.78, 5) is 2.20. The Kier molecular flexibility index (Phi) is 2.67. The van der Waals surface area contributed by atoms with Gasteiger partial charge in [0.25, 0.3) is 0 Å². The van der Waals surface area contributed by atoms with E-state index in [-0.39, 0.29) is 12.6 Å². The molecule has 0 bridgehead atoms. The molecule has 1 unspecified atom stereocenters. The highest BCUT2D eigenvalue weighted by molar-refractivity contribution is 5.39. The van der Waals surface area contributed by atoms with Gasteiger partial charge in [-0.25, -0.2) is 4.68 Å². The van der Waals surface area contributed by atoms with Crippen molar-refractivity contribution in [2.24, 2.45) is 0 Å². The number of anilines is 1. The summed E-state index contributed by atoms with van der Waals surface area (Å²) in [6.07, 6.45) is 3.98. The molecule has 0 aromatic carbocycles. The van der Waals surface area contributed by atoms with Crippen LogP contribution in [0.5, 0.6) is 0 Å². The van der Waals surface area contributed by atoms with Gasteiger partial charge in [0, 0.05) is 13.1 Å². The predicted octanol–water partition coefficient (Wildman–Crippen LogP) is 0.259. The summed E-state index contributed by atoms with van der Waals surface area (Å²) in [5, 5.41) is 17.1. The third-order valence-corrected chi connectivity index (χ3v) is 2.78. The second-order valence-corrected chi connectivity index (χ2v) is 3.58. The van der Waals surface area contributed by atoms with E-state index in [1.807, 2.05) is 11.6 Å². The minimum absolute atomic E-state index is 0.217. The molecule has 1 aromatic heterocycles. The van der Waals surface area contributed by atoms with Crippen LogP contribution in [0.15, 0.2) is 6.20 Å². The first-order chi connectivity index (χ1) is 6.86. The van der Waals surface area contributed by atoms with E-state index in [1.54, 1.807) is 6.20 Å². The maximum atomic E-state index is 9.21. The second-order valence-electron chi connectivity index (χ2n) is 3.58. The number of aryl methyl sites for hydroxylation is 1. The average molecular weight is 196 g/mol. The molecule has 0 amide bonds. The molecule has 0 spiro atoms. The Hall–Kier alpha value is -1.10. The summed E-state index contributed by atoms with van der Waals surface area (Å²) < 4.78 is 1.87. The van der Waals surface area contributed by atoms with Crippen LogP contribution in [0.4, 0.5) is 5.82 Å². The topological polar surface area (TPSA) is 54.2 Å². The molecule has 1 atom stereocenters. The van der Waals surface area contributed by atoms with Crippen LogP contribution in [-0.2, 0) is 6.54 Å². The van der Waals surface area contributed by atoms with Crippen molar-refractivity contribution in [3.63, 3.8) is 0 Å². The van der Waals surface area contributed by atoms with Crippen molar-refractivity contribution in [3.05, 3.63) is 6.20 Å². The van der Waals surface area contributed by atoms with Crippen molar-refractivity contribution < 1.29 is 5.11 Å². The lowest BCUT2D eigenvalue weighted by Gasteiger charge is -2.24. The van der Waals surface area contributed by atoms with Gasteiger partial charge < -0.3 is 10.0 Å². The quantitative estimate of drug-likeness (QED) is 0.753. The van der Waals surface area contributed by atoms with E-state index in [4.69, 9.17) is 0 Å². The van der Waals surface area contributed by atoms with E-state index in [1.165, 1.54) is 0 Å². The molecule has 0 aliphatic carbocycles. The van der Waals surface area contributed by atoms with E-state index >= 15 is 0 Å². The maximum absolute atomic E-state index is 9.21. The Morgan fingerprint density at radius 1 is 1.64 bits per heavy atom. The van der Waals surface area contributed by atoms with Crippen molar-refractivity contribution in [3.8, 4) is 0 Å². The number of nitrogens with zero attached hydrogens (tertiary/aromatic N) is 4. The van der Waals surface area contributed by atoms with Gasteiger partial charge >= 0.3 is 0 Å². The zero-order valence-corrected chi connectivity index (χ0v) is 8.43. The Bertz CT molecular complexity index is 299. The second kappa shape index (κ2) is 3.96. The van der Waals surface area contributed by atoms with Gasteiger partial charge in [-0.2, -0.15) is 0 Å². The molecule has 1 fully saturated rings. The number of aromatic nitrogens is 3. The lowest BCUT2D eigenvalue weighted by atomic mass is 10.2. The molecule has 1 saturated heterocycles. The average Bonchev–Trinajstić information content (AvgIpc) is 2.85. The molecule has 5 heteroatoms. The summed E-state index contributed by atoms with van der Waals surface area (Å²) in [6.45, 7) is 4.08. The third kappa shape index (κ3) is 1.48. The lowest BCUT2D eigenvalue weighted by molar-refractivity contribution is 0.265. The number of aliphatic hydroxyl groups excluding tert-OH is 1. The molecular weight excluding hydrogens is 180 g/mol. The Morgan fingerprint density at radius 3 is 3.21 bits per heavy atom. The highest BCUT2D eigenvalue weighted by Crippen LogP contribution is 2.23. The minimum Gasteiger partial charge on any atom is -0.394 e. The van der Waals surface area contributed by atoms with Crippen LogP contribution >= 0.6 is 0 Å². The van der Waals surface area contributed by atoms with Crippen molar-refractivity contribution in [1.29, 1.82) is 0 Å². The molecule has 78 valence electrons. The summed E-state index contributed by atoms with van der Waals surface area (Å²) >= 11 is 0. The molecule has 2 rings (SSSR count). The van der Waals surface area contributed by atoms with E-state index in [0.29, 0.717) is 0 Å². The highest BCUT2D eigenvalue weighted by atomic mass is 16.3. The lowest BCUT2D eigenvalue weighted by Crippen LogP contribution is -2.33. The van der Waals surface area contributed by atoms with E-state index < -0.39 is 0 Å². The molecule has 1 aromatic rings. The van der Waals surface area contributed by atoms with E-state index in [0.717, 1.165) is 31.7 Å². The summed E-state index contributed by atoms with van der Waals surface area (Å²) in [5.41, 5.74) is 0. The molecule has 5 nitrogen and oxygen atoms in total. The Balaban J connectivity index is 2.21. The molecule has 1 N–H and O–H groups in total. The zero-order valence-electron chi connectivity index (χ0n) is 8.43. The first-order valence-corrected chi connectivity index (χ1v) is 5.12. The van der Waals surface area contributed by atoms with Crippen LogP contribution in [0.1, 0.15) is 19.8 Å². The van der Waals surface area contributed by atoms with Crippen LogP contribution in [0.3, 0.4) is 0 Å². The standard InChI is InChI=1S/C9H16N4O/c1-2-13-9(6-10-11-13)12-5-3-4-8(12)7-14/h6,8,14H,2-5,7H2,1H3. The van der Waals surface area contributed by atoms with Crippen molar-refractivity contribution in [1.82, 2.24) is 15.0 Å².